The quantitative estimate of drug-likeness (QED) is 0.758. The molecule has 1 saturated heterocycles. The Balaban J connectivity index is 2.22. The molecule has 0 spiro atoms. The monoisotopic (exact) mass is 253 g/mol. The van der Waals surface area contributed by atoms with Crippen molar-refractivity contribution in [3.05, 3.63) is 17.5 Å². The number of halogens is 1. The highest BCUT2D eigenvalue weighted by atomic mass is 35.5. The van der Waals surface area contributed by atoms with Crippen LogP contribution in [0.15, 0.2) is 6.20 Å². The average molecular weight is 254 g/mol. The van der Waals surface area contributed by atoms with Crippen LogP contribution in [-0.2, 0) is 5.88 Å². The number of aromatic nitrogens is 2. The van der Waals surface area contributed by atoms with E-state index in [4.69, 9.17) is 11.6 Å². The minimum Gasteiger partial charge on any atom is -0.338 e. The van der Waals surface area contributed by atoms with Crippen molar-refractivity contribution in [2.75, 3.05) is 11.4 Å². The Bertz CT molecular complexity index is 381. The third kappa shape index (κ3) is 2.89. The Morgan fingerprint density at radius 2 is 2.24 bits per heavy atom. The molecule has 1 unspecified atom stereocenters. The van der Waals surface area contributed by atoms with E-state index in [-0.39, 0.29) is 0 Å². The van der Waals surface area contributed by atoms with Gasteiger partial charge in [0.1, 0.15) is 0 Å². The van der Waals surface area contributed by atoms with E-state index < -0.39 is 0 Å². The average Bonchev–Trinajstić information content (AvgIpc) is 2.54. The Hall–Kier alpha value is -0.830. The lowest BCUT2D eigenvalue weighted by Crippen LogP contribution is -2.34. The third-order valence-electron chi connectivity index (χ3n) is 3.52. The summed E-state index contributed by atoms with van der Waals surface area (Å²) in [4.78, 5) is 11.4. The van der Waals surface area contributed by atoms with E-state index >= 15 is 0 Å². The van der Waals surface area contributed by atoms with E-state index in [1.165, 1.54) is 25.7 Å². The van der Waals surface area contributed by atoms with Crippen LogP contribution in [0.1, 0.15) is 43.9 Å². The van der Waals surface area contributed by atoms with Gasteiger partial charge in [-0.05, 0) is 26.7 Å². The van der Waals surface area contributed by atoms with Crippen LogP contribution in [0, 0.1) is 6.92 Å². The second kappa shape index (κ2) is 5.67. The summed E-state index contributed by atoms with van der Waals surface area (Å²) in [5.74, 6) is 1.35. The van der Waals surface area contributed by atoms with Gasteiger partial charge in [0.15, 0.2) is 0 Å². The molecule has 3 nitrogen and oxygen atoms in total. The Morgan fingerprint density at radius 3 is 2.94 bits per heavy atom. The van der Waals surface area contributed by atoms with Crippen molar-refractivity contribution in [2.24, 2.45) is 0 Å². The lowest BCUT2D eigenvalue weighted by molar-refractivity contribution is 0.604. The minimum atomic E-state index is 0.488. The van der Waals surface area contributed by atoms with Gasteiger partial charge in [-0.1, -0.05) is 12.8 Å². The first-order valence-electron chi connectivity index (χ1n) is 6.37. The fourth-order valence-corrected chi connectivity index (χ4v) is 2.58. The van der Waals surface area contributed by atoms with Gasteiger partial charge in [0.2, 0.25) is 5.95 Å². The van der Waals surface area contributed by atoms with E-state index in [0.29, 0.717) is 11.9 Å². The smallest absolute Gasteiger partial charge is 0.225 e. The van der Waals surface area contributed by atoms with Crippen LogP contribution in [0.25, 0.3) is 0 Å². The van der Waals surface area contributed by atoms with Crippen LogP contribution >= 0.6 is 11.6 Å². The molecule has 4 heteroatoms. The summed E-state index contributed by atoms with van der Waals surface area (Å²) in [7, 11) is 0. The Kier molecular flexibility index (Phi) is 4.21. The predicted octanol–water partition coefficient (Wildman–Crippen LogP) is 3.29. The van der Waals surface area contributed by atoms with Crippen LogP contribution in [-0.4, -0.2) is 22.6 Å². The topological polar surface area (TPSA) is 29.0 Å². The fraction of sp³-hybridized carbons (Fsp3) is 0.692. The standard InChI is InChI=1S/C13H20ClN3/c1-10-6-4-3-5-7-17(10)13-15-9-12(8-14)11(2)16-13/h9-10H,3-8H2,1-2H3. The molecular weight excluding hydrogens is 234 g/mol. The molecule has 0 aliphatic carbocycles. The van der Waals surface area contributed by atoms with Crippen molar-refractivity contribution in [3.63, 3.8) is 0 Å². The van der Waals surface area contributed by atoms with Crippen molar-refractivity contribution < 1.29 is 0 Å². The van der Waals surface area contributed by atoms with Crippen LogP contribution in [0.3, 0.4) is 0 Å². The Morgan fingerprint density at radius 1 is 1.41 bits per heavy atom. The molecule has 0 aromatic carbocycles. The molecule has 1 aromatic heterocycles. The lowest BCUT2D eigenvalue weighted by Gasteiger charge is -2.27. The molecule has 0 radical (unpaired) electrons. The molecule has 0 N–H and O–H groups in total. The minimum absolute atomic E-state index is 0.488. The molecule has 1 fully saturated rings. The molecular formula is C13H20ClN3. The van der Waals surface area contributed by atoms with Gasteiger partial charge in [0.25, 0.3) is 0 Å². The summed E-state index contributed by atoms with van der Waals surface area (Å²) in [6.45, 7) is 5.34. The molecule has 0 bridgehead atoms. The fourth-order valence-electron chi connectivity index (χ4n) is 2.32. The van der Waals surface area contributed by atoms with E-state index in [2.05, 4.69) is 21.8 Å². The number of hydrogen-bond acceptors (Lipinski definition) is 3. The number of rotatable bonds is 2. The van der Waals surface area contributed by atoms with E-state index in [0.717, 1.165) is 23.8 Å². The molecule has 1 aliphatic rings. The van der Waals surface area contributed by atoms with Crippen LogP contribution in [0.2, 0.25) is 0 Å². The van der Waals surface area contributed by atoms with Crippen LogP contribution < -0.4 is 4.90 Å². The molecule has 0 amide bonds. The van der Waals surface area contributed by atoms with Gasteiger partial charge in [-0.2, -0.15) is 0 Å². The predicted molar refractivity (Wildman–Crippen MR) is 71.6 cm³/mol. The van der Waals surface area contributed by atoms with Crippen molar-refractivity contribution >= 4 is 17.5 Å². The number of aryl methyl sites for hydroxylation is 1. The van der Waals surface area contributed by atoms with E-state index in [1.54, 1.807) is 0 Å². The maximum absolute atomic E-state index is 5.83. The first-order chi connectivity index (χ1) is 8.22. The molecule has 2 heterocycles. The van der Waals surface area contributed by atoms with Gasteiger partial charge in [-0.15, -0.1) is 11.6 Å². The van der Waals surface area contributed by atoms with Crippen LogP contribution in [0.5, 0.6) is 0 Å². The lowest BCUT2D eigenvalue weighted by atomic mass is 10.1. The molecule has 17 heavy (non-hydrogen) atoms. The number of anilines is 1. The Labute approximate surface area is 108 Å². The van der Waals surface area contributed by atoms with E-state index in [9.17, 15) is 0 Å². The summed E-state index contributed by atoms with van der Waals surface area (Å²) < 4.78 is 0. The highest BCUT2D eigenvalue weighted by molar-refractivity contribution is 6.17. The van der Waals surface area contributed by atoms with Gasteiger partial charge in [-0.25, -0.2) is 9.97 Å². The largest absolute Gasteiger partial charge is 0.338 e. The normalized spacial score (nSPS) is 21.4. The molecule has 1 atom stereocenters. The van der Waals surface area contributed by atoms with Crippen molar-refractivity contribution in [3.8, 4) is 0 Å². The summed E-state index contributed by atoms with van der Waals surface area (Å²) in [5.41, 5.74) is 2.03. The van der Waals surface area contributed by atoms with Gasteiger partial charge in [0.05, 0.1) is 5.88 Å². The van der Waals surface area contributed by atoms with Gasteiger partial charge in [-0.3, -0.25) is 0 Å². The molecule has 1 aliphatic heterocycles. The number of hydrogen-bond donors (Lipinski definition) is 0. The molecule has 94 valence electrons. The summed E-state index contributed by atoms with van der Waals surface area (Å²) in [6.07, 6.45) is 6.97. The van der Waals surface area contributed by atoms with Crippen molar-refractivity contribution in [1.29, 1.82) is 0 Å². The summed E-state index contributed by atoms with van der Waals surface area (Å²) >= 11 is 5.83. The van der Waals surface area contributed by atoms with E-state index in [1.807, 2.05) is 13.1 Å². The second-order valence-electron chi connectivity index (χ2n) is 4.81. The molecule has 2 rings (SSSR count). The number of nitrogens with zero attached hydrogens (tertiary/aromatic N) is 3. The first kappa shape index (κ1) is 12.6. The maximum Gasteiger partial charge on any atom is 0.225 e. The van der Waals surface area contributed by atoms with Crippen molar-refractivity contribution in [1.82, 2.24) is 9.97 Å². The van der Waals surface area contributed by atoms with Gasteiger partial charge in [0, 0.05) is 30.0 Å². The zero-order valence-electron chi connectivity index (χ0n) is 10.6. The second-order valence-corrected chi connectivity index (χ2v) is 5.07. The zero-order chi connectivity index (χ0) is 12.3. The highest BCUT2D eigenvalue weighted by Crippen LogP contribution is 2.21. The van der Waals surface area contributed by atoms with Gasteiger partial charge < -0.3 is 4.90 Å². The molecule has 0 saturated carbocycles. The zero-order valence-corrected chi connectivity index (χ0v) is 11.4. The van der Waals surface area contributed by atoms with Gasteiger partial charge >= 0.3 is 0 Å². The molecule has 1 aromatic rings. The summed E-state index contributed by atoms with van der Waals surface area (Å²) in [6, 6.07) is 0.541. The number of alkyl halides is 1. The van der Waals surface area contributed by atoms with Crippen LogP contribution in [0.4, 0.5) is 5.95 Å². The third-order valence-corrected chi connectivity index (χ3v) is 3.81. The SMILES string of the molecule is Cc1nc(N2CCCCCC2C)ncc1CCl. The highest BCUT2D eigenvalue weighted by Gasteiger charge is 2.19. The summed E-state index contributed by atoms with van der Waals surface area (Å²) in [5, 5.41) is 0. The van der Waals surface area contributed by atoms with Crippen molar-refractivity contribution in [2.45, 2.75) is 51.5 Å². The first-order valence-corrected chi connectivity index (χ1v) is 6.91. The maximum atomic E-state index is 5.83.